The third-order valence-corrected chi connectivity index (χ3v) is 3.17. The summed E-state index contributed by atoms with van der Waals surface area (Å²) in [5, 5.41) is 16.8. The summed E-state index contributed by atoms with van der Waals surface area (Å²) in [4.78, 5) is 11.5. The Hall–Kier alpha value is -3.33. The first-order valence-electron chi connectivity index (χ1n) is 6.45. The highest BCUT2D eigenvalue weighted by Gasteiger charge is 2.15. The van der Waals surface area contributed by atoms with Crippen molar-refractivity contribution in [3.63, 3.8) is 0 Å². The van der Waals surface area contributed by atoms with Crippen LogP contribution in [0.4, 0.5) is 0 Å². The molecule has 0 aliphatic heterocycles. The van der Waals surface area contributed by atoms with Gasteiger partial charge in [0.25, 0.3) is 0 Å². The Kier molecular flexibility index (Phi) is 3.46. The zero-order chi connectivity index (χ0) is 15.5. The van der Waals surface area contributed by atoms with E-state index >= 15 is 0 Å². The number of esters is 1. The number of hydrogen-bond donors (Lipinski definition) is 1. The molecule has 3 rings (SSSR count). The predicted molar refractivity (Wildman–Crippen MR) is 79.4 cm³/mol. The highest BCUT2D eigenvalue weighted by atomic mass is 16.5. The minimum absolute atomic E-state index is 0.110. The quantitative estimate of drug-likeness (QED) is 0.455. The van der Waals surface area contributed by atoms with E-state index < -0.39 is 5.97 Å². The molecular weight excluding hydrogens is 282 g/mol. The number of carbonyl (C=O) groups excluding carboxylic acids is 1. The smallest absolute Gasteiger partial charge is 0.348 e. The van der Waals surface area contributed by atoms with Crippen LogP contribution in [0.1, 0.15) is 5.56 Å². The van der Waals surface area contributed by atoms with E-state index in [-0.39, 0.29) is 5.57 Å². The van der Waals surface area contributed by atoms with Gasteiger partial charge in [-0.25, -0.2) is 4.79 Å². The van der Waals surface area contributed by atoms with Gasteiger partial charge in [-0.15, -0.1) is 0 Å². The van der Waals surface area contributed by atoms with E-state index in [1.165, 1.54) is 19.4 Å². The van der Waals surface area contributed by atoms with Crippen LogP contribution in [0.5, 0.6) is 0 Å². The molecule has 0 bridgehead atoms. The van der Waals surface area contributed by atoms with Gasteiger partial charge in [0.05, 0.1) is 13.3 Å². The van der Waals surface area contributed by atoms with Crippen molar-refractivity contribution in [3.05, 3.63) is 47.7 Å². The Morgan fingerprint density at radius 1 is 1.45 bits per heavy atom. The highest BCUT2D eigenvalue weighted by molar-refractivity contribution is 5.98. The molecule has 0 saturated carbocycles. The van der Waals surface area contributed by atoms with Gasteiger partial charge in [-0.05, 0) is 18.2 Å². The maximum atomic E-state index is 11.5. The number of benzene rings is 1. The van der Waals surface area contributed by atoms with Crippen molar-refractivity contribution in [2.45, 2.75) is 0 Å². The number of rotatable bonds is 3. The lowest BCUT2D eigenvalue weighted by atomic mass is 10.1. The summed E-state index contributed by atoms with van der Waals surface area (Å²) >= 11 is 0. The molecule has 0 amide bonds. The van der Waals surface area contributed by atoms with E-state index in [0.29, 0.717) is 17.0 Å². The van der Waals surface area contributed by atoms with E-state index in [4.69, 9.17) is 9.68 Å². The average molecular weight is 293 g/mol. The molecule has 0 atom stereocenters. The van der Waals surface area contributed by atoms with Crippen LogP contribution in [0.2, 0.25) is 0 Å². The lowest BCUT2D eigenvalue weighted by Crippen LogP contribution is -2.02. The van der Waals surface area contributed by atoms with Crippen LogP contribution in [0.25, 0.3) is 28.5 Å². The zero-order valence-corrected chi connectivity index (χ0v) is 11.7. The summed E-state index contributed by atoms with van der Waals surface area (Å²) in [7, 11) is 1.23. The van der Waals surface area contributed by atoms with Crippen molar-refractivity contribution in [1.82, 2.24) is 10.2 Å². The van der Waals surface area contributed by atoms with Crippen molar-refractivity contribution in [2.24, 2.45) is 0 Å². The Balaban J connectivity index is 2.07. The number of para-hydroxylation sites is 1. The number of hydrogen-bond acceptors (Lipinski definition) is 5. The fourth-order valence-corrected chi connectivity index (χ4v) is 2.11. The third-order valence-electron chi connectivity index (χ3n) is 3.17. The zero-order valence-electron chi connectivity index (χ0n) is 11.7. The molecule has 1 N–H and O–H groups in total. The first-order chi connectivity index (χ1) is 10.7. The number of fused-ring (bicyclic) bond motifs is 1. The monoisotopic (exact) mass is 293 g/mol. The molecule has 2 aromatic heterocycles. The summed E-state index contributed by atoms with van der Waals surface area (Å²) < 4.78 is 10.3. The third kappa shape index (κ3) is 2.36. The number of methoxy groups -OCH3 is 1. The van der Waals surface area contributed by atoms with Crippen LogP contribution in [-0.2, 0) is 9.53 Å². The number of nitrogens with zero attached hydrogens (tertiary/aromatic N) is 2. The topological polar surface area (TPSA) is 91.9 Å². The summed E-state index contributed by atoms with van der Waals surface area (Å²) in [6, 6.07) is 11.3. The van der Waals surface area contributed by atoms with Gasteiger partial charge < -0.3 is 9.15 Å². The number of nitrogens with one attached hydrogen (secondary N) is 1. The molecule has 0 aliphatic rings. The molecule has 6 nitrogen and oxygen atoms in total. The maximum absolute atomic E-state index is 11.5. The summed E-state index contributed by atoms with van der Waals surface area (Å²) in [5.41, 5.74) is 1.80. The van der Waals surface area contributed by atoms with E-state index in [1.54, 1.807) is 0 Å². The number of H-pyrrole nitrogens is 1. The van der Waals surface area contributed by atoms with E-state index in [2.05, 4.69) is 14.9 Å². The molecule has 6 heteroatoms. The highest BCUT2D eigenvalue weighted by Crippen LogP contribution is 2.29. The van der Waals surface area contributed by atoms with E-state index in [9.17, 15) is 4.79 Å². The maximum Gasteiger partial charge on any atom is 0.348 e. The SMILES string of the molecule is COC(=O)C(C#N)=Cc1cn[nH]c1-c1cc2ccccc2o1. The molecular formula is C16H11N3O3. The van der Waals surface area contributed by atoms with Gasteiger partial charge in [0.2, 0.25) is 0 Å². The Morgan fingerprint density at radius 2 is 2.27 bits per heavy atom. The molecule has 22 heavy (non-hydrogen) atoms. The Bertz CT molecular complexity index is 879. The number of carbonyl (C=O) groups is 1. The normalized spacial score (nSPS) is 11.4. The molecule has 0 radical (unpaired) electrons. The van der Waals surface area contributed by atoms with Crippen molar-refractivity contribution >= 4 is 23.0 Å². The van der Waals surface area contributed by atoms with Crippen LogP contribution < -0.4 is 0 Å². The van der Waals surface area contributed by atoms with Crippen molar-refractivity contribution in [3.8, 4) is 17.5 Å². The van der Waals surface area contributed by atoms with Crippen molar-refractivity contribution in [2.75, 3.05) is 7.11 Å². The van der Waals surface area contributed by atoms with E-state index in [1.807, 2.05) is 36.4 Å². The van der Waals surface area contributed by atoms with Crippen LogP contribution >= 0.6 is 0 Å². The van der Waals surface area contributed by atoms with E-state index in [0.717, 1.165) is 11.0 Å². The standard InChI is InChI=1S/C16H11N3O3/c1-21-16(20)11(8-17)6-12-9-18-19-15(12)14-7-10-4-2-3-5-13(10)22-14/h2-7,9H,1H3,(H,18,19). The molecule has 0 aliphatic carbocycles. The van der Waals surface area contributed by atoms with Gasteiger partial charge in [0.1, 0.15) is 22.9 Å². The van der Waals surface area contributed by atoms with Crippen LogP contribution in [0.15, 0.2) is 46.5 Å². The number of aromatic amines is 1. The van der Waals surface area contributed by atoms with Crippen LogP contribution in [-0.4, -0.2) is 23.3 Å². The Morgan fingerprint density at radius 3 is 3.00 bits per heavy atom. The van der Waals surface area contributed by atoms with Gasteiger partial charge in [-0.1, -0.05) is 18.2 Å². The van der Waals surface area contributed by atoms with Gasteiger partial charge in [-0.2, -0.15) is 10.4 Å². The fourth-order valence-electron chi connectivity index (χ4n) is 2.11. The van der Waals surface area contributed by atoms with Gasteiger partial charge >= 0.3 is 5.97 Å². The largest absolute Gasteiger partial charge is 0.465 e. The predicted octanol–water partition coefficient (Wildman–Crippen LogP) is 2.90. The second-order valence-corrected chi connectivity index (χ2v) is 4.51. The number of aromatic nitrogens is 2. The Labute approximate surface area is 125 Å². The number of ether oxygens (including phenoxy) is 1. The van der Waals surface area contributed by atoms with Gasteiger partial charge in [0, 0.05) is 10.9 Å². The fraction of sp³-hybridized carbons (Fsp3) is 0.0625. The second kappa shape index (κ2) is 5.58. The summed E-state index contributed by atoms with van der Waals surface area (Å²) in [5.74, 6) is -0.119. The molecule has 0 spiro atoms. The molecule has 0 saturated heterocycles. The molecule has 3 aromatic rings. The lowest BCUT2D eigenvalue weighted by Gasteiger charge is -1.97. The average Bonchev–Trinajstić information content (AvgIpc) is 3.17. The van der Waals surface area contributed by atoms with Crippen molar-refractivity contribution < 1.29 is 13.9 Å². The second-order valence-electron chi connectivity index (χ2n) is 4.51. The number of furan rings is 1. The minimum Gasteiger partial charge on any atom is -0.465 e. The molecule has 2 heterocycles. The summed E-state index contributed by atoms with van der Waals surface area (Å²) in [6.45, 7) is 0. The van der Waals surface area contributed by atoms with Crippen molar-refractivity contribution in [1.29, 1.82) is 5.26 Å². The molecule has 0 fully saturated rings. The lowest BCUT2D eigenvalue weighted by molar-refractivity contribution is -0.135. The number of nitriles is 1. The minimum atomic E-state index is -0.695. The molecule has 108 valence electrons. The molecule has 1 aromatic carbocycles. The van der Waals surface area contributed by atoms with Gasteiger partial charge in [-0.3, -0.25) is 5.10 Å². The first kappa shape index (κ1) is 13.6. The molecule has 0 unspecified atom stereocenters. The van der Waals surface area contributed by atoms with Crippen LogP contribution in [0.3, 0.4) is 0 Å². The van der Waals surface area contributed by atoms with Crippen LogP contribution in [0, 0.1) is 11.3 Å². The van der Waals surface area contributed by atoms with Gasteiger partial charge in [0.15, 0.2) is 5.76 Å². The summed E-state index contributed by atoms with van der Waals surface area (Å²) in [6.07, 6.45) is 2.93. The first-order valence-corrected chi connectivity index (χ1v) is 6.45.